The van der Waals surface area contributed by atoms with E-state index in [9.17, 15) is 4.79 Å². The van der Waals surface area contributed by atoms with Crippen LogP contribution < -0.4 is 5.32 Å². The topological polar surface area (TPSA) is 48.1 Å². The molecule has 0 unspecified atom stereocenters. The van der Waals surface area contributed by atoms with Crippen molar-refractivity contribution < 1.29 is 4.79 Å². The van der Waals surface area contributed by atoms with Crippen LogP contribution in [0.3, 0.4) is 0 Å². The standard InChI is InChI=1S/C19H17N3O/c1-19-17-13(12-6-2-4-8-15(12)20-17)10-11-22(19)18(23)14-7-3-5-9-16(14)21-19/h2-9,20-21H,10-11H2,1H3/t19-/m0/s1. The molecular formula is C19H17N3O. The summed E-state index contributed by atoms with van der Waals surface area (Å²) in [6.07, 6.45) is 0.879. The number of hydrogen-bond acceptors (Lipinski definition) is 2. The van der Waals surface area contributed by atoms with Crippen LogP contribution in [0.1, 0.15) is 28.5 Å². The Morgan fingerprint density at radius 2 is 1.87 bits per heavy atom. The molecule has 1 amide bonds. The van der Waals surface area contributed by atoms with E-state index in [1.54, 1.807) is 0 Å². The van der Waals surface area contributed by atoms with Crippen LogP contribution in [0.15, 0.2) is 48.5 Å². The number of anilines is 1. The number of H-pyrrole nitrogens is 1. The molecule has 4 nitrogen and oxygen atoms in total. The minimum Gasteiger partial charge on any atom is -0.357 e. The van der Waals surface area contributed by atoms with Gasteiger partial charge in [0.05, 0.1) is 11.3 Å². The molecule has 0 bridgehead atoms. The van der Waals surface area contributed by atoms with E-state index in [2.05, 4.69) is 35.4 Å². The zero-order valence-corrected chi connectivity index (χ0v) is 12.9. The van der Waals surface area contributed by atoms with Gasteiger partial charge in [-0.3, -0.25) is 4.79 Å². The molecule has 2 aliphatic heterocycles. The Labute approximate surface area is 134 Å². The van der Waals surface area contributed by atoms with E-state index in [-0.39, 0.29) is 5.91 Å². The molecule has 23 heavy (non-hydrogen) atoms. The molecule has 0 saturated carbocycles. The molecule has 0 fully saturated rings. The molecule has 0 radical (unpaired) electrons. The van der Waals surface area contributed by atoms with Crippen molar-refractivity contribution in [3.63, 3.8) is 0 Å². The van der Waals surface area contributed by atoms with E-state index in [0.717, 1.165) is 35.4 Å². The maximum Gasteiger partial charge on any atom is 0.258 e. The number of aromatic nitrogens is 1. The molecule has 2 N–H and O–H groups in total. The fraction of sp³-hybridized carbons (Fsp3) is 0.211. The van der Waals surface area contributed by atoms with E-state index < -0.39 is 5.66 Å². The van der Waals surface area contributed by atoms with Gasteiger partial charge in [-0.15, -0.1) is 0 Å². The smallest absolute Gasteiger partial charge is 0.258 e. The van der Waals surface area contributed by atoms with Crippen LogP contribution in [0, 0.1) is 0 Å². The summed E-state index contributed by atoms with van der Waals surface area (Å²) in [4.78, 5) is 18.5. The third-order valence-electron chi connectivity index (χ3n) is 5.21. The SMILES string of the molecule is C[C@]12Nc3ccccc3C(=O)N1CCc1c2[nH]c2ccccc12. The lowest BCUT2D eigenvalue weighted by Gasteiger charge is -2.48. The molecule has 0 aliphatic carbocycles. The fourth-order valence-electron chi connectivity index (χ4n) is 4.08. The second-order valence-corrected chi connectivity index (χ2v) is 6.47. The molecule has 0 spiro atoms. The molecule has 5 rings (SSSR count). The van der Waals surface area contributed by atoms with Gasteiger partial charge in [-0.2, -0.15) is 0 Å². The molecule has 2 aromatic carbocycles. The molecular weight excluding hydrogens is 286 g/mol. The van der Waals surface area contributed by atoms with Crippen molar-refractivity contribution in [2.45, 2.75) is 19.0 Å². The molecule has 4 heteroatoms. The second-order valence-electron chi connectivity index (χ2n) is 6.47. The average molecular weight is 303 g/mol. The number of rotatable bonds is 0. The lowest BCUT2D eigenvalue weighted by atomic mass is 9.89. The molecule has 1 atom stereocenters. The number of para-hydroxylation sites is 2. The molecule has 2 aliphatic rings. The summed E-state index contributed by atoms with van der Waals surface area (Å²) in [5, 5.41) is 4.86. The Balaban J connectivity index is 1.77. The third kappa shape index (κ3) is 1.53. The number of nitrogens with zero attached hydrogens (tertiary/aromatic N) is 1. The van der Waals surface area contributed by atoms with Crippen molar-refractivity contribution in [3.8, 4) is 0 Å². The highest BCUT2D eigenvalue weighted by atomic mass is 16.2. The maximum atomic E-state index is 13.0. The average Bonchev–Trinajstić information content (AvgIpc) is 2.95. The predicted molar refractivity (Wildman–Crippen MR) is 90.5 cm³/mol. The highest BCUT2D eigenvalue weighted by molar-refractivity contribution is 6.02. The Morgan fingerprint density at radius 3 is 2.78 bits per heavy atom. The maximum absolute atomic E-state index is 13.0. The first-order chi connectivity index (χ1) is 11.2. The van der Waals surface area contributed by atoms with Gasteiger partial charge in [-0.1, -0.05) is 30.3 Å². The van der Waals surface area contributed by atoms with Crippen LogP contribution >= 0.6 is 0 Å². The third-order valence-corrected chi connectivity index (χ3v) is 5.21. The number of carbonyl (C=O) groups excluding carboxylic acids is 1. The van der Waals surface area contributed by atoms with Gasteiger partial charge in [0.2, 0.25) is 0 Å². The first-order valence-corrected chi connectivity index (χ1v) is 7.98. The van der Waals surface area contributed by atoms with Crippen molar-refractivity contribution >= 4 is 22.5 Å². The summed E-state index contributed by atoms with van der Waals surface area (Å²) in [6.45, 7) is 2.82. The van der Waals surface area contributed by atoms with Gasteiger partial charge in [-0.05, 0) is 37.1 Å². The van der Waals surface area contributed by atoms with Crippen LogP contribution in [-0.4, -0.2) is 22.3 Å². The Kier molecular flexibility index (Phi) is 2.31. The van der Waals surface area contributed by atoms with Gasteiger partial charge in [0, 0.05) is 23.1 Å². The van der Waals surface area contributed by atoms with Crippen molar-refractivity contribution in [2.75, 3.05) is 11.9 Å². The van der Waals surface area contributed by atoms with Gasteiger partial charge in [-0.25, -0.2) is 0 Å². The molecule has 0 saturated heterocycles. The van der Waals surface area contributed by atoms with Crippen molar-refractivity contribution in [2.24, 2.45) is 0 Å². The fourth-order valence-corrected chi connectivity index (χ4v) is 4.08. The lowest BCUT2D eigenvalue weighted by Crippen LogP contribution is -2.58. The highest BCUT2D eigenvalue weighted by Crippen LogP contribution is 2.43. The molecule has 3 heterocycles. The van der Waals surface area contributed by atoms with Gasteiger partial charge in [0.15, 0.2) is 5.66 Å². The Morgan fingerprint density at radius 1 is 1.09 bits per heavy atom. The summed E-state index contributed by atoms with van der Waals surface area (Å²) in [5.41, 5.74) is 4.69. The summed E-state index contributed by atoms with van der Waals surface area (Å²) >= 11 is 0. The molecule has 114 valence electrons. The van der Waals surface area contributed by atoms with E-state index in [1.807, 2.05) is 35.2 Å². The first kappa shape index (κ1) is 12.8. The van der Waals surface area contributed by atoms with Crippen LogP contribution in [-0.2, 0) is 12.1 Å². The van der Waals surface area contributed by atoms with Gasteiger partial charge >= 0.3 is 0 Å². The van der Waals surface area contributed by atoms with E-state index >= 15 is 0 Å². The van der Waals surface area contributed by atoms with Crippen LogP contribution in [0.2, 0.25) is 0 Å². The van der Waals surface area contributed by atoms with E-state index in [0.29, 0.717) is 0 Å². The molecule has 1 aromatic heterocycles. The Bertz CT molecular complexity index is 958. The van der Waals surface area contributed by atoms with Gasteiger partial charge in [0.25, 0.3) is 5.91 Å². The van der Waals surface area contributed by atoms with Crippen LogP contribution in [0.4, 0.5) is 5.69 Å². The van der Waals surface area contributed by atoms with Crippen molar-refractivity contribution in [1.82, 2.24) is 9.88 Å². The number of nitrogens with one attached hydrogen (secondary N) is 2. The number of benzene rings is 2. The van der Waals surface area contributed by atoms with Crippen LogP contribution in [0.25, 0.3) is 10.9 Å². The Hall–Kier alpha value is -2.75. The number of aromatic amines is 1. The zero-order chi connectivity index (χ0) is 15.6. The minimum absolute atomic E-state index is 0.103. The minimum atomic E-state index is -0.530. The normalized spacial score (nSPS) is 22.3. The number of amides is 1. The second kappa shape index (κ2) is 4.16. The summed E-state index contributed by atoms with van der Waals surface area (Å²) in [7, 11) is 0. The summed E-state index contributed by atoms with van der Waals surface area (Å²) < 4.78 is 0. The largest absolute Gasteiger partial charge is 0.357 e. The number of hydrogen-bond donors (Lipinski definition) is 2. The summed E-state index contributed by atoms with van der Waals surface area (Å²) in [5.74, 6) is 0.103. The van der Waals surface area contributed by atoms with Gasteiger partial charge < -0.3 is 15.2 Å². The molecule has 3 aromatic rings. The van der Waals surface area contributed by atoms with E-state index in [1.165, 1.54) is 10.9 Å². The highest BCUT2D eigenvalue weighted by Gasteiger charge is 2.47. The van der Waals surface area contributed by atoms with Crippen LogP contribution in [0.5, 0.6) is 0 Å². The summed E-state index contributed by atoms with van der Waals surface area (Å²) in [6, 6.07) is 16.1. The quantitative estimate of drug-likeness (QED) is 0.668. The van der Waals surface area contributed by atoms with Gasteiger partial charge in [0.1, 0.15) is 0 Å². The monoisotopic (exact) mass is 303 g/mol. The van der Waals surface area contributed by atoms with Crippen molar-refractivity contribution in [3.05, 3.63) is 65.4 Å². The first-order valence-electron chi connectivity index (χ1n) is 7.98. The predicted octanol–water partition coefficient (Wildman–Crippen LogP) is 3.46. The number of carbonyl (C=O) groups is 1. The zero-order valence-electron chi connectivity index (χ0n) is 12.9. The van der Waals surface area contributed by atoms with Crippen molar-refractivity contribution in [1.29, 1.82) is 0 Å². The number of fused-ring (bicyclic) bond motifs is 6. The lowest BCUT2D eigenvalue weighted by molar-refractivity contribution is 0.0501. The van der Waals surface area contributed by atoms with E-state index in [4.69, 9.17) is 0 Å².